The number of hydrogen-bond donors (Lipinski definition) is 1. The van der Waals surface area contributed by atoms with Crippen molar-refractivity contribution in [1.29, 1.82) is 0 Å². The third-order valence-electron chi connectivity index (χ3n) is 5.78. The van der Waals surface area contributed by atoms with Crippen LogP contribution in [0.5, 0.6) is 0 Å². The maximum Gasteiger partial charge on any atom is 0.157 e. The summed E-state index contributed by atoms with van der Waals surface area (Å²) in [4.78, 5) is 15.6. The number of aromatic nitrogens is 3. The molecule has 4 heteroatoms. The Morgan fingerprint density at radius 2 is 1.72 bits per heavy atom. The van der Waals surface area contributed by atoms with E-state index in [0.717, 1.165) is 47.9 Å². The van der Waals surface area contributed by atoms with Crippen LogP contribution in [0, 0.1) is 0 Å². The number of H-pyrrole nitrogens is 1. The van der Waals surface area contributed by atoms with Crippen LogP contribution in [0.1, 0.15) is 37.5 Å². The zero-order chi connectivity index (χ0) is 20.0. The van der Waals surface area contributed by atoms with E-state index in [-0.39, 0.29) is 5.41 Å². The Bertz CT molecular complexity index is 1180. The van der Waals surface area contributed by atoms with E-state index in [2.05, 4.69) is 85.3 Å². The molecule has 0 saturated carbocycles. The Kier molecular flexibility index (Phi) is 4.16. The number of pyridine rings is 1. The first kappa shape index (κ1) is 17.9. The summed E-state index contributed by atoms with van der Waals surface area (Å²) >= 11 is 0. The van der Waals surface area contributed by atoms with Crippen molar-refractivity contribution in [3.63, 3.8) is 0 Å². The number of nitrogens with one attached hydrogen (secondary N) is 1. The van der Waals surface area contributed by atoms with Gasteiger partial charge in [0.1, 0.15) is 11.5 Å². The lowest BCUT2D eigenvalue weighted by molar-refractivity contribution is 0.591. The van der Waals surface area contributed by atoms with Crippen molar-refractivity contribution in [2.24, 2.45) is 0 Å². The number of fused-ring (bicyclic) bond motifs is 2. The molecule has 29 heavy (non-hydrogen) atoms. The number of rotatable bonds is 2. The van der Waals surface area contributed by atoms with Crippen LogP contribution in [0.25, 0.3) is 22.6 Å². The number of aromatic amines is 1. The van der Waals surface area contributed by atoms with E-state index in [0.29, 0.717) is 0 Å². The second-order valence-corrected chi connectivity index (χ2v) is 8.89. The predicted octanol–water partition coefficient (Wildman–Crippen LogP) is 5.49. The van der Waals surface area contributed by atoms with Gasteiger partial charge in [-0.1, -0.05) is 57.2 Å². The summed E-state index contributed by atoms with van der Waals surface area (Å²) in [5.74, 6) is 1.83. The van der Waals surface area contributed by atoms with Crippen molar-refractivity contribution in [3.8, 4) is 11.5 Å². The maximum atomic E-state index is 4.94. The molecule has 0 spiro atoms. The number of nitrogens with zero attached hydrogens (tertiary/aromatic N) is 3. The van der Waals surface area contributed by atoms with Gasteiger partial charge in [0.05, 0.1) is 11.0 Å². The summed E-state index contributed by atoms with van der Waals surface area (Å²) in [7, 11) is 0. The molecule has 4 nitrogen and oxygen atoms in total. The molecule has 1 aliphatic heterocycles. The minimum absolute atomic E-state index is 0.113. The first-order valence-corrected chi connectivity index (χ1v) is 10.3. The third kappa shape index (κ3) is 3.39. The quantitative estimate of drug-likeness (QED) is 0.499. The lowest BCUT2D eigenvalue weighted by atomic mass is 9.87. The maximum absolute atomic E-state index is 4.94. The first-order chi connectivity index (χ1) is 14.0. The number of anilines is 1. The van der Waals surface area contributed by atoms with Crippen molar-refractivity contribution in [2.45, 2.75) is 39.2 Å². The summed E-state index contributed by atoms with van der Waals surface area (Å²) < 4.78 is 0. The predicted molar refractivity (Wildman–Crippen MR) is 119 cm³/mol. The molecular weight excluding hydrogens is 356 g/mol. The topological polar surface area (TPSA) is 44.8 Å². The zero-order valence-corrected chi connectivity index (χ0v) is 17.2. The average molecular weight is 383 g/mol. The highest BCUT2D eigenvalue weighted by Crippen LogP contribution is 2.28. The van der Waals surface area contributed by atoms with Gasteiger partial charge in [-0.15, -0.1) is 0 Å². The molecule has 0 aliphatic carbocycles. The normalized spacial score (nSPS) is 14.2. The summed E-state index contributed by atoms with van der Waals surface area (Å²) in [5.41, 5.74) is 7.18. The molecule has 0 fully saturated rings. The van der Waals surface area contributed by atoms with Crippen molar-refractivity contribution >= 4 is 16.9 Å². The summed E-state index contributed by atoms with van der Waals surface area (Å²) in [6, 6.07) is 21.4. The molecule has 0 amide bonds. The zero-order valence-electron chi connectivity index (χ0n) is 17.2. The summed E-state index contributed by atoms with van der Waals surface area (Å²) in [6.45, 7) is 8.58. The Morgan fingerprint density at radius 3 is 2.55 bits per heavy atom. The largest absolute Gasteiger partial charge is 0.352 e. The molecule has 0 bridgehead atoms. The molecule has 2 aromatic heterocycles. The molecule has 1 aliphatic rings. The molecule has 0 saturated heterocycles. The number of benzene rings is 2. The smallest absolute Gasteiger partial charge is 0.157 e. The van der Waals surface area contributed by atoms with Gasteiger partial charge in [0.25, 0.3) is 0 Å². The van der Waals surface area contributed by atoms with Crippen molar-refractivity contribution < 1.29 is 0 Å². The molecule has 3 heterocycles. The van der Waals surface area contributed by atoms with Crippen LogP contribution in [-0.4, -0.2) is 21.5 Å². The van der Waals surface area contributed by atoms with Gasteiger partial charge in [0.2, 0.25) is 0 Å². The molecule has 146 valence electrons. The molecule has 5 rings (SSSR count). The van der Waals surface area contributed by atoms with E-state index in [4.69, 9.17) is 9.97 Å². The van der Waals surface area contributed by atoms with Crippen LogP contribution < -0.4 is 4.90 Å². The van der Waals surface area contributed by atoms with E-state index < -0.39 is 0 Å². The molecular formula is C25H26N4. The molecule has 0 atom stereocenters. The van der Waals surface area contributed by atoms with E-state index in [1.54, 1.807) is 0 Å². The highest BCUT2D eigenvalue weighted by Gasteiger charge is 2.19. The van der Waals surface area contributed by atoms with Gasteiger partial charge in [-0.05, 0) is 52.8 Å². The second kappa shape index (κ2) is 6.73. The van der Waals surface area contributed by atoms with Gasteiger partial charge in [-0.3, -0.25) is 0 Å². The Balaban J connectivity index is 1.47. The van der Waals surface area contributed by atoms with Gasteiger partial charge >= 0.3 is 0 Å². The first-order valence-electron chi connectivity index (χ1n) is 10.3. The van der Waals surface area contributed by atoms with Gasteiger partial charge in [0, 0.05) is 13.1 Å². The summed E-state index contributed by atoms with van der Waals surface area (Å²) in [5, 5.41) is 0. The van der Waals surface area contributed by atoms with Crippen molar-refractivity contribution in [2.75, 3.05) is 11.4 Å². The van der Waals surface area contributed by atoms with Crippen LogP contribution in [0.2, 0.25) is 0 Å². The SMILES string of the molecule is CC(C)(C)c1ccc2nc(-c3cccc(N4CCc5ccccc5C4)n3)[nH]c2c1. The molecule has 0 unspecified atom stereocenters. The molecule has 4 aromatic rings. The van der Waals surface area contributed by atoms with Crippen molar-refractivity contribution in [1.82, 2.24) is 15.0 Å². The number of hydrogen-bond acceptors (Lipinski definition) is 3. The van der Waals surface area contributed by atoms with E-state index in [1.165, 1.54) is 16.7 Å². The Hall–Kier alpha value is -3.14. The second-order valence-electron chi connectivity index (χ2n) is 8.89. The Labute approximate surface area is 171 Å². The van der Waals surface area contributed by atoms with Crippen LogP contribution in [0.15, 0.2) is 60.7 Å². The molecule has 2 aromatic carbocycles. The average Bonchev–Trinajstić information content (AvgIpc) is 3.16. The minimum Gasteiger partial charge on any atom is -0.352 e. The fourth-order valence-corrected chi connectivity index (χ4v) is 4.02. The lowest BCUT2D eigenvalue weighted by Gasteiger charge is -2.29. The lowest BCUT2D eigenvalue weighted by Crippen LogP contribution is -2.30. The highest BCUT2D eigenvalue weighted by molar-refractivity contribution is 5.80. The van der Waals surface area contributed by atoms with Gasteiger partial charge < -0.3 is 9.88 Å². The third-order valence-corrected chi connectivity index (χ3v) is 5.78. The van der Waals surface area contributed by atoms with Crippen molar-refractivity contribution in [3.05, 3.63) is 77.4 Å². The standard InChI is InChI=1S/C25H26N4/c1-25(2,3)19-11-12-20-22(15-19)28-24(27-20)21-9-6-10-23(26-21)29-14-13-17-7-4-5-8-18(17)16-29/h4-12,15H,13-14,16H2,1-3H3,(H,27,28). The summed E-state index contributed by atoms with van der Waals surface area (Å²) in [6.07, 6.45) is 1.06. The fraction of sp³-hybridized carbons (Fsp3) is 0.280. The van der Waals surface area contributed by atoms with Crippen LogP contribution in [-0.2, 0) is 18.4 Å². The van der Waals surface area contributed by atoms with Crippen LogP contribution in [0.4, 0.5) is 5.82 Å². The minimum atomic E-state index is 0.113. The van der Waals surface area contributed by atoms with Gasteiger partial charge in [-0.2, -0.15) is 0 Å². The van der Waals surface area contributed by atoms with Crippen LogP contribution in [0.3, 0.4) is 0 Å². The highest BCUT2D eigenvalue weighted by atomic mass is 15.2. The number of imidazole rings is 1. The van der Waals surface area contributed by atoms with Gasteiger partial charge in [-0.25, -0.2) is 9.97 Å². The van der Waals surface area contributed by atoms with Crippen LogP contribution >= 0.6 is 0 Å². The fourth-order valence-electron chi connectivity index (χ4n) is 4.02. The van der Waals surface area contributed by atoms with E-state index in [9.17, 15) is 0 Å². The molecule has 0 radical (unpaired) electrons. The molecule has 1 N–H and O–H groups in total. The van der Waals surface area contributed by atoms with E-state index in [1.807, 2.05) is 6.07 Å². The van der Waals surface area contributed by atoms with Gasteiger partial charge in [0.15, 0.2) is 5.82 Å². The van der Waals surface area contributed by atoms with E-state index >= 15 is 0 Å². The monoisotopic (exact) mass is 382 g/mol. The Morgan fingerprint density at radius 1 is 0.897 bits per heavy atom.